The Balaban J connectivity index is 1.82. The first-order chi connectivity index (χ1) is 10.7. The van der Waals surface area contributed by atoms with Gasteiger partial charge in [0, 0.05) is 6.54 Å². The minimum Gasteiger partial charge on any atom is -0.480 e. The van der Waals surface area contributed by atoms with Crippen LogP contribution in [0.1, 0.15) is 37.7 Å². The van der Waals surface area contributed by atoms with Crippen molar-refractivity contribution in [1.82, 2.24) is 4.90 Å². The maximum atomic E-state index is 12.7. The SMILES string of the molecule is O=C(O)[C@@H]1CC(C2=CCCCC2)C(=O)N1Cc1ccccc1. The van der Waals surface area contributed by atoms with E-state index in [-0.39, 0.29) is 11.8 Å². The van der Waals surface area contributed by atoms with Gasteiger partial charge < -0.3 is 10.0 Å². The van der Waals surface area contributed by atoms with E-state index in [1.165, 1.54) is 11.3 Å². The lowest BCUT2D eigenvalue weighted by Crippen LogP contribution is -2.38. The third kappa shape index (κ3) is 2.91. The number of carboxylic acids is 1. The predicted octanol–water partition coefficient (Wildman–Crippen LogP) is 2.99. The minimum atomic E-state index is -0.900. The average molecular weight is 299 g/mol. The van der Waals surface area contributed by atoms with Crippen LogP contribution in [-0.2, 0) is 16.1 Å². The number of aliphatic carboxylic acids is 1. The van der Waals surface area contributed by atoms with Crippen molar-refractivity contribution in [2.45, 2.75) is 44.7 Å². The molecule has 1 heterocycles. The summed E-state index contributed by atoms with van der Waals surface area (Å²) in [7, 11) is 0. The van der Waals surface area contributed by atoms with E-state index >= 15 is 0 Å². The van der Waals surface area contributed by atoms with Crippen molar-refractivity contribution in [3.63, 3.8) is 0 Å². The molecule has 0 aromatic heterocycles. The summed E-state index contributed by atoms with van der Waals surface area (Å²) >= 11 is 0. The number of nitrogens with zero attached hydrogens (tertiary/aromatic N) is 1. The third-order valence-corrected chi connectivity index (χ3v) is 4.67. The molecule has 0 radical (unpaired) electrons. The monoisotopic (exact) mass is 299 g/mol. The summed E-state index contributed by atoms with van der Waals surface area (Å²) in [6, 6.07) is 8.89. The normalized spacial score (nSPS) is 25.2. The molecule has 22 heavy (non-hydrogen) atoms. The Bertz CT molecular complexity index is 594. The van der Waals surface area contributed by atoms with Crippen molar-refractivity contribution < 1.29 is 14.7 Å². The lowest BCUT2D eigenvalue weighted by atomic mass is 9.87. The van der Waals surface area contributed by atoms with Crippen molar-refractivity contribution in [1.29, 1.82) is 0 Å². The first kappa shape index (κ1) is 14.8. The molecule has 4 nitrogen and oxygen atoms in total. The van der Waals surface area contributed by atoms with Gasteiger partial charge in [0.05, 0.1) is 5.92 Å². The predicted molar refractivity (Wildman–Crippen MR) is 83.1 cm³/mol. The summed E-state index contributed by atoms with van der Waals surface area (Å²) < 4.78 is 0. The molecule has 0 spiro atoms. The summed E-state index contributed by atoms with van der Waals surface area (Å²) in [6.45, 7) is 0.375. The second kappa shape index (κ2) is 6.34. The quantitative estimate of drug-likeness (QED) is 0.870. The zero-order chi connectivity index (χ0) is 15.5. The molecule has 1 unspecified atom stereocenters. The fourth-order valence-corrected chi connectivity index (χ4v) is 3.50. The molecule has 3 rings (SSSR count). The van der Waals surface area contributed by atoms with E-state index in [1.54, 1.807) is 0 Å². The van der Waals surface area contributed by atoms with Crippen LogP contribution in [0.2, 0.25) is 0 Å². The first-order valence-electron chi connectivity index (χ1n) is 7.93. The number of carbonyl (C=O) groups is 2. The molecule has 0 saturated carbocycles. The van der Waals surface area contributed by atoms with Crippen LogP contribution in [0.5, 0.6) is 0 Å². The smallest absolute Gasteiger partial charge is 0.326 e. The summed E-state index contributed by atoms with van der Waals surface area (Å²) in [4.78, 5) is 25.8. The number of carboxylic acid groups (broad SMARTS) is 1. The van der Waals surface area contributed by atoms with Crippen molar-refractivity contribution in [2.24, 2.45) is 5.92 Å². The lowest BCUT2D eigenvalue weighted by molar-refractivity contribution is -0.146. The molecular formula is C18H21NO3. The van der Waals surface area contributed by atoms with Gasteiger partial charge in [0.15, 0.2) is 0 Å². The topological polar surface area (TPSA) is 57.6 Å². The second-order valence-corrected chi connectivity index (χ2v) is 6.12. The second-order valence-electron chi connectivity index (χ2n) is 6.12. The number of benzene rings is 1. The van der Waals surface area contributed by atoms with Gasteiger partial charge in [-0.3, -0.25) is 4.79 Å². The van der Waals surface area contributed by atoms with Crippen molar-refractivity contribution in [3.05, 3.63) is 47.5 Å². The van der Waals surface area contributed by atoms with Gasteiger partial charge in [0.1, 0.15) is 6.04 Å². The third-order valence-electron chi connectivity index (χ3n) is 4.67. The maximum absolute atomic E-state index is 12.7. The molecule has 1 aromatic rings. The number of hydrogen-bond acceptors (Lipinski definition) is 2. The van der Waals surface area contributed by atoms with E-state index in [0.29, 0.717) is 13.0 Å². The number of hydrogen-bond donors (Lipinski definition) is 1. The molecule has 2 atom stereocenters. The highest BCUT2D eigenvalue weighted by Crippen LogP contribution is 2.35. The highest BCUT2D eigenvalue weighted by atomic mass is 16.4. The van der Waals surface area contributed by atoms with Crippen LogP contribution in [0.25, 0.3) is 0 Å². The van der Waals surface area contributed by atoms with Gasteiger partial charge in [-0.15, -0.1) is 0 Å². The van der Waals surface area contributed by atoms with Crippen LogP contribution in [0.15, 0.2) is 42.0 Å². The van der Waals surface area contributed by atoms with Gasteiger partial charge in [-0.05, 0) is 37.7 Å². The van der Waals surface area contributed by atoms with Crippen LogP contribution >= 0.6 is 0 Å². The lowest BCUT2D eigenvalue weighted by Gasteiger charge is -2.22. The molecule has 2 aliphatic rings. The number of allylic oxidation sites excluding steroid dienone is 1. The summed E-state index contributed by atoms with van der Waals surface area (Å²) in [5, 5.41) is 9.48. The Labute approximate surface area is 130 Å². The molecule has 1 N–H and O–H groups in total. The van der Waals surface area contributed by atoms with E-state index in [4.69, 9.17) is 0 Å². The summed E-state index contributed by atoms with van der Waals surface area (Å²) in [5.41, 5.74) is 2.12. The first-order valence-corrected chi connectivity index (χ1v) is 7.93. The summed E-state index contributed by atoms with van der Waals surface area (Å²) in [6.07, 6.45) is 6.77. The number of carbonyl (C=O) groups excluding carboxylic acids is 1. The number of rotatable bonds is 4. The molecule has 1 aliphatic carbocycles. The van der Waals surface area contributed by atoms with Gasteiger partial charge in [0.2, 0.25) is 5.91 Å². The molecule has 4 heteroatoms. The van der Waals surface area contributed by atoms with E-state index in [0.717, 1.165) is 30.4 Å². The Morgan fingerprint density at radius 2 is 2.00 bits per heavy atom. The van der Waals surface area contributed by atoms with Crippen molar-refractivity contribution in [3.8, 4) is 0 Å². The fourth-order valence-electron chi connectivity index (χ4n) is 3.50. The van der Waals surface area contributed by atoms with Crippen LogP contribution in [0, 0.1) is 5.92 Å². The molecular weight excluding hydrogens is 278 g/mol. The fraction of sp³-hybridized carbons (Fsp3) is 0.444. The largest absolute Gasteiger partial charge is 0.480 e. The van der Waals surface area contributed by atoms with Crippen LogP contribution in [0.4, 0.5) is 0 Å². The molecule has 1 amide bonds. The Morgan fingerprint density at radius 3 is 2.64 bits per heavy atom. The van der Waals surface area contributed by atoms with Crippen LogP contribution < -0.4 is 0 Å². The standard InChI is InChI=1S/C18H21NO3/c20-17-15(14-9-5-2-6-10-14)11-16(18(21)22)19(17)12-13-7-3-1-4-8-13/h1,3-4,7-9,15-16H,2,5-6,10-12H2,(H,21,22)/t15?,16-/m0/s1. The van der Waals surface area contributed by atoms with Crippen LogP contribution in [-0.4, -0.2) is 27.9 Å². The van der Waals surface area contributed by atoms with Gasteiger partial charge in [-0.1, -0.05) is 42.0 Å². The van der Waals surface area contributed by atoms with E-state index < -0.39 is 12.0 Å². The van der Waals surface area contributed by atoms with Gasteiger partial charge >= 0.3 is 5.97 Å². The highest BCUT2D eigenvalue weighted by molar-refractivity contribution is 5.90. The van der Waals surface area contributed by atoms with E-state index in [2.05, 4.69) is 6.08 Å². The molecule has 1 aromatic carbocycles. The zero-order valence-corrected chi connectivity index (χ0v) is 12.6. The molecule has 1 saturated heterocycles. The van der Waals surface area contributed by atoms with Crippen molar-refractivity contribution >= 4 is 11.9 Å². The maximum Gasteiger partial charge on any atom is 0.326 e. The average Bonchev–Trinajstić information content (AvgIpc) is 2.87. The molecule has 0 bridgehead atoms. The van der Waals surface area contributed by atoms with E-state index in [9.17, 15) is 14.7 Å². The zero-order valence-electron chi connectivity index (χ0n) is 12.6. The summed E-state index contributed by atoms with van der Waals surface area (Å²) in [5.74, 6) is -1.15. The van der Waals surface area contributed by atoms with Crippen molar-refractivity contribution in [2.75, 3.05) is 0 Å². The minimum absolute atomic E-state index is 0.0237. The Morgan fingerprint density at radius 1 is 1.23 bits per heavy atom. The number of amides is 1. The molecule has 1 fully saturated rings. The Hall–Kier alpha value is -2.10. The van der Waals surface area contributed by atoms with Crippen LogP contribution in [0.3, 0.4) is 0 Å². The van der Waals surface area contributed by atoms with Gasteiger partial charge in [-0.2, -0.15) is 0 Å². The molecule has 116 valence electrons. The molecule has 1 aliphatic heterocycles. The van der Waals surface area contributed by atoms with Gasteiger partial charge in [0.25, 0.3) is 0 Å². The van der Waals surface area contributed by atoms with E-state index in [1.807, 2.05) is 30.3 Å². The number of likely N-dealkylation sites (tertiary alicyclic amines) is 1. The Kier molecular flexibility index (Phi) is 4.27. The highest BCUT2D eigenvalue weighted by Gasteiger charge is 2.44. The van der Waals surface area contributed by atoms with Gasteiger partial charge in [-0.25, -0.2) is 4.79 Å².